The molecule has 0 saturated heterocycles. The minimum atomic E-state index is -0.784. The fourth-order valence-electron chi connectivity index (χ4n) is 10.1. The quantitative estimate of drug-likeness (QED) is 0.0261. The van der Waals surface area contributed by atoms with Crippen molar-refractivity contribution >= 4 is 17.9 Å². The van der Waals surface area contributed by atoms with Gasteiger partial charge in [0, 0.05) is 19.3 Å². The average molecular weight is 1150 g/mol. The molecule has 0 bridgehead atoms. The lowest BCUT2D eigenvalue weighted by molar-refractivity contribution is -0.167. The highest BCUT2D eigenvalue weighted by molar-refractivity contribution is 5.71. The van der Waals surface area contributed by atoms with Crippen LogP contribution in [0.3, 0.4) is 0 Å². The van der Waals surface area contributed by atoms with E-state index in [1.807, 2.05) is 0 Å². The lowest BCUT2D eigenvalue weighted by atomic mass is 10.0. The smallest absolute Gasteiger partial charge is 0.306 e. The van der Waals surface area contributed by atoms with Crippen molar-refractivity contribution < 1.29 is 28.6 Å². The van der Waals surface area contributed by atoms with Crippen molar-refractivity contribution in [3.63, 3.8) is 0 Å². The molecule has 6 nitrogen and oxygen atoms in total. The number of unbranched alkanes of at least 4 members (excludes halogenated alkanes) is 35. The Morgan fingerprint density at radius 1 is 0.253 bits per heavy atom. The summed E-state index contributed by atoms with van der Waals surface area (Å²) in [6, 6.07) is 0. The Balaban J connectivity index is 4.31. The van der Waals surface area contributed by atoms with Crippen molar-refractivity contribution in [2.45, 2.75) is 348 Å². The van der Waals surface area contributed by atoms with E-state index in [-0.39, 0.29) is 31.1 Å². The second-order valence-corrected chi connectivity index (χ2v) is 23.4. The number of esters is 3. The summed E-state index contributed by atoms with van der Waals surface area (Å²) in [4.78, 5) is 38.5. The molecule has 0 fully saturated rings. The van der Waals surface area contributed by atoms with Gasteiger partial charge in [-0.3, -0.25) is 14.4 Å². The second kappa shape index (κ2) is 70.6. The van der Waals surface area contributed by atoms with Crippen LogP contribution in [-0.2, 0) is 28.6 Å². The van der Waals surface area contributed by atoms with Crippen LogP contribution in [0, 0.1) is 0 Å². The highest BCUT2D eigenvalue weighted by atomic mass is 16.6. The molecule has 0 spiro atoms. The summed E-state index contributed by atoms with van der Waals surface area (Å²) in [7, 11) is 0. The summed E-state index contributed by atoms with van der Waals surface area (Å²) in [6.45, 7) is 6.45. The monoisotopic (exact) mass is 1150 g/mol. The van der Waals surface area contributed by atoms with Crippen molar-refractivity contribution in [2.24, 2.45) is 0 Å². The SMILES string of the molecule is CC/C=C\C/C=C\C/C=C\C/C=C\C/C=C\CCCCCCCCCCCCCCCC(=O)OCC(COC(=O)CCCCCCCCCCCCCCCCC)OC(=O)CCCCCCCCCC/C=C\C/C=C\C/C=C\C/C=C\CC. The molecule has 6 heteroatoms. The normalized spacial score (nSPS) is 12.8. The molecule has 0 aliphatic carbocycles. The summed E-state index contributed by atoms with van der Waals surface area (Å²) in [5.41, 5.74) is 0. The Bertz CT molecular complexity index is 1660. The molecule has 0 aromatic rings. The first-order valence-electron chi connectivity index (χ1n) is 35.4. The second-order valence-electron chi connectivity index (χ2n) is 23.4. The van der Waals surface area contributed by atoms with Crippen LogP contribution in [0.2, 0.25) is 0 Å². The molecular formula is C77H132O6. The van der Waals surface area contributed by atoms with Gasteiger partial charge in [-0.05, 0) is 103 Å². The van der Waals surface area contributed by atoms with Gasteiger partial charge in [0.1, 0.15) is 13.2 Å². The van der Waals surface area contributed by atoms with E-state index < -0.39 is 6.10 Å². The molecule has 0 rings (SSSR count). The number of allylic oxidation sites excluding steroid dienone is 18. The van der Waals surface area contributed by atoms with Crippen molar-refractivity contribution in [3.8, 4) is 0 Å². The topological polar surface area (TPSA) is 78.9 Å². The molecule has 1 unspecified atom stereocenters. The van der Waals surface area contributed by atoms with Crippen LogP contribution in [0.4, 0.5) is 0 Å². The molecule has 83 heavy (non-hydrogen) atoms. The number of rotatable bonds is 64. The molecule has 476 valence electrons. The first kappa shape index (κ1) is 79.1. The van der Waals surface area contributed by atoms with Gasteiger partial charge in [-0.2, -0.15) is 0 Å². The molecule has 0 saturated carbocycles. The van der Waals surface area contributed by atoms with Gasteiger partial charge in [-0.15, -0.1) is 0 Å². The van der Waals surface area contributed by atoms with Gasteiger partial charge < -0.3 is 14.2 Å². The number of hydrogen-bond acceptors (Lipinski definition) is 6. The van der Waals surface area contributed by atoms with E-state index in [2.05, 4.69) is 130 Å². The highest BCUT2D eigenvalue weighted by Gasteiger charge is 2.19. The van der Waals surface area contributed by atoms with Gasteiger partial charge in [0.15, 0.2) is 6.10 Å². The largest absolute Gasteiger partial charge is 0.462 e. The molecule has 0 amide bonds. The lowest BCUT2D eigenvalue weighted by Crippen LogP contribution is -2.30. The van der Waals surface area contributed by atoms with Gasteiger partial charge in [0.2, 0.25) is 0 Å². The predicted molar refractivity (Wildman–Crippen MR) is 362 cm³/mol. The summed E-state index contributed by atoms with van der Waals surface area (Å²) < 4.78 is 17.0. The zero-order valence-corrected chi connectivity index (χ0v) is 54.7. The fraction of sp³-hybridized carbons (Fsp3) is 0.727. The molecule has 0 N–H and O–H groups in total. The maximum atomic E-state index is 13.0. The number of carbonyl (C=O) groups excluding carboxylic acids is 3. The summed E-state index contributed by atoms with van der Waals surface area (Å²) in [6.07, 6.45) is 96.8. The van der Waals surface area contributed by atoms with Crippen molar-refractivity contribution in [2.75, 3.05) is 13.2 Å². The number of hydrogen-bond donors (Lipinski definition) is 0. The third kappa shape index (κ3) is 68.7. The van der Waals surface area contributed by atoms with Crippen molar-refractivity contribution in [3.05, 3.63) is 109 Å². The molecule has 1 atom stereocenters. The summed E-state index contributed by atoms with van der Waals surface area (Å²) >= 11 is 0. The fourth-order valence-corrected chi connectivity index (χ4v) is 10.1. The van der Waals surface area contributed by atoms with E-state index in [4.69, 9.17) is 14.2 Å². The van der Waals surface area contributed by atoms with E-state index in [1.165, 1.54) is 180 Å². The average Bonchev–Trinajstić information content (AvgIpc) is 3.49. The Morgan fingerprint density at radius 2 is 0.470 bits per heavy atom. The van der Waals surface area contributed by atoms with Crippen LogP contribution in [0.5, 0.6) is 0 Å². The van der Waals surface area contributed by atoms with Crippen LogP contribution in [-0.4, -0.2) is 37.2 Å². The molecule has 0 aliphatic heterocycles. The van der Waals surface area contributed by atoms with Crippen LogP contribution < -0.4 is 0 Å². The number of carbonyl (C=O) groups is 3. The molecule has 0 aromatic carbocycles. The van der Waals surface area contributed by atoms with Crippen LogP contribution in [0.25, 0.3) is 0 Å². The molecular weight excluding hydrogens is 1020 g/mol. The predicted octanol–water partition coefficient (Wildman–Crippen LogP) is 24.6. The van der Waals surface area contributed by atoms with Crippen molar-refractivity contribution in [1.82, 2.24) is 0 Å². The Kier molecular flexibility index (Phi) is 67.2. The van der Waals surface area contributed by atoms with Gasteiger partial charge >= 0.3 is 17.9 Å². The van der Waals surface area contributed by atoms with Gasteiger partial charge in [0.05, 0.1) is 0 Å². The number of ether oxygens (including phenoxy) is 3. The maximum absolute atomic E-state index is 13.0. The minimum absolute atomic E-state index is 0.0781. The minimum Gasteiger partial charge on any atom is -0.462 e. The zero-order valence-electron chi connectivity index (χ0n) is 54.7. The first-order valence-corrected chi connectivity index (χ1v) is 35.4. The van der Waals surface area contributed by atoms with E-state index >= 15 is 0 Å². The standard InChI is InChI=1S/C77H132O6/c1-4-7-10-13-16-19-22-25-28-30-32-34-35-36-37-38-39-40-41-43-44-46-49-52-55-58-61-64-67-70-76(79)82-73-74(72-81-75(78)69-66-63-60-57-54-51-48-27-24-21-18-15-12-9-6-3)83-77(80)71-68-65-62-59-56-53-50-47-45-42-33-31-29-26-23-20-17-14-11-8-5-2/h7-8,10-11,16-17,19-20,25-26,28-29,32-34,36-37,42,74H,4-6,9,12-15,18,21-24,27,30-31,35,38-41,43-73H2,1-3H3/b10-7-,11-8-,19-16-,20-17-,28-25-,29-26-,34-32-,37-36-,42-33-. The Labute approximate surface area is 514 Å². The van der Waals surface area contributed by atoms with E-state index in [0.29, 0.717) is 19.3 Å². The van der Waals surface area contributed by atoms with Gasteiger partial charge in [0.25, 0.3) is 0 Å². The van der Waals surface area contributed by atoms with E-state index in [9.17, 15) is 14.4 Å². The summed E-state index contributed by atoms with van der Waals surface area (Å²) in [5.74, 6) is -0.871. The van der Waals surface area contributed by atoms with E-state index in [1.54, 1.807) is 0 Å². The third-order valence-electron chi connectivity index (χ3n) is 15.3. The Hall–Kier alpha value is -3.93. The molecule has 0 aliphatic rings. The molecule has 0 heterocycles. The van der Waals surface area contributed by atoms with Crippen molar-refractivity contribution in [1.29, 1.82) is 0 Å². The van der Waals surface area contributed by atoms with Crippen LogP contribution in [0.15, 0.2) is 109 Å². The molecule has 0 radical (unpaired) electrons. The highest BCUT2D eigenvalue weighted by Crippen LogP contribution is 2.17. The summed E-state index contributed by atoms with van der Waals surface area (Å²) in [5, 5.41) is 0. The molecule has 0 aromatic heterocycles. The van der Waals surface area contributed by atoms with E-state index in [0.717, 1.165) is 122 Å². The zero-order chi connectivity index (χ0) is 59.9. The lowest BCUT2D eigenvalue weighted by Gasteiger charge is -2.18. The third-order valence-corrected chi connectivity index (χ3v) is 15.3. The van der Waals surface area contributed by atoms with Crippen LogP contribution >= 0.6 is 0 Å². The Morgan fingerprint density at radius 3 is 0.735 bits per heavy atom. The van der Waals surface area contributed by atoms with Gasteiger partial charge in [-0.1, -0.05) is 329 Å². The van der Waals surface area contributed by atoms with Crippen LogP contribution in [0.1, 0.15) is 342 Å². The van der Waals surface area contributed by atoms with Gasteiger partial charge in [-0.25, -0.2) is 0 Å². The maximum Gasteiger partial charge on any atom is 0.306 e. The first-order chi connectivity index (χ1) is 41.0.